The van der Waals surface area contributed by atoms with Gasteiger partial charge in [0.05, 0.1) is 19.1 Å². The van der Waals surface area contributed by atoms with Crippen LogP contribution < -0.4 is 4.90 Å². The minimum absolute atomic E-state index is 0.184. The van der Waals surface area contributed by atoms with Gasteiger partial charge in [-0.25, -0.2) is 4.39 Å². The van der Waals surface area contributed by atoms with E-state index in [1.807, 2.05) is 6.07 Å². The van der Waals surface area contributed by atoms with Crippen molar-refractivity contribution in [3.05, 3.63) is 29.6 Å². The van der Waals surface area contributed by atoms with E-state index in [4.69, 9.17) is 10.4 Å². The Morgan fingerprint density at radius 2 is 2.20 bits per heavy atom. The lowest BCUT2D eigenvalue weighted by Gasteiger charge is -2.18. The first-order valence-corrected chi connectivity index (χ1v) is 4.66. The molecule has 4 heteroatoms. The third-order valence-electron chi connectivity index (χ3n) is 2.12. The number of nitriles is 1. The molecule has 0 saturated heterocycles. The predicted molar refractivity (Wildman–Crippen MR) is 55.8 cm³/mol. The van der Waals surface area contributed by atoms with Gasteiger partial charge in [0.25, 0.3) is 0 Å². The molecule has 3 nitrogen and oxygen atoms in total. The molecular formula is C11H13FN2O. The molecule has 15 heavy (non-hydrogen) atoms. The predicted octanol–water partition coefficient (Wildman–Crippen LogP) is 1.67. The van der Waals surface area contributed by atoms with Gasteiger partial charge >= 0.3 is 0 Å². The summed E-state index contributed by atoms with van der Waals surface area (Å²) in [5.74, 6) is -0.375. The zero-order chi connectivity index (χ0) is 11.3. The van der Waals surface area contributed by atoms with Crippen LogP contribution in [0.4, 0.5) is 10.1 Å². The van der Waals surface area contributed by atoms with E-state index in [0.29, 0.717) is 24.2 Å². The maximum Gasteiger partial charge on any atom is 0.125 e. The molecule has 0 saturated carbocycles. The van der Waals surface area contributed by atoms with Crippen LogP contribution in [0.15, 0.2) is 18.2 Å². The van der Waals surface area contributed by atoms with Crippen LogP contribution >= 0.6 is 0 Å². The Morgan fingerprint density at radius 3 is 2.80 bits per heavy atom. The Hall–Kier alpha value is -1.60. The number of benzene rings is 1. The first-order valence-electron chi connectivity index (χ1n) is 4.66. The fourth-order valence-electron chi connectivity index (χ4n) is 1.29. The monoisotopic (exact) mass is 208 g/mol. The highest BCUT2D eigenvalue weighted by Gasteiger charge is 2.04. The Balaban J connectivity index is 2.84. The summed E-state index contributed by atoms with van der Waals surface area (Å²) in [5, 5.41) is 17.3. The fraction of sp³-hybridized carbons (Fsp3) is 0.364. The second kappa shape index (κ2) is 5.32. The highest BCUT2D eigenvalue weighted by Crippen LogP contribution is 2.17. The molecule has 0 heterocycles. The van der Waals surface area contributed by atoms with Crippen molar-refractivity contribution in [3.8, 4) is 6.07 Å². The van der Waals surface area contributed by atoms with Crippen LogP contribution in [0.25, 0.3) is 0 Å². The van der Waals surface area contributed by atoms with Crippen molar-refractivity contribution >= 4 is 5.69 Å². The summed E-state index contributed by atoms with van der Waals surface area (Å²) in [4.78, 5) is 1.78. The van der Waals surface area contributed by atoms with Gasteiger partial charge in [0.1, 0.15) is 5.82 Å². The second-order valence-corrected chi connectivity index (χ2v) is 3.31. The molecule has 1 rings (SSSR count). The van der Waals surface area contributed by atoms with E-state index in [1.54, 1.807) is 18.0 Å². The molecule has 0 aliphatic carbocycles. The Bertz CT molecular complexity index is 373. The molecule has 1 aromatic carbocycles. The molecule has 0 atom stereocenters. The zero-order valence-corrected chi connectivity index (χ0v) is 8.57. The normalized spacial score (nSPS) is 9.73. The average molecular weight is 208 g/mol. The van der Waals surface area contributed by atoms with Gasteiger partial charge in [-0.3, -0.25) is 0 Å². The van der Waals surface area contributed by atoms with E-state index < -0.39 is 0 Å². The van der Waals surface area contributed by atoms with Gasteiger partial charge in [-0.05, 0) is 23.8 Å². The number of hydrogen-bond donors (Lipinski definition) is 1. The van der Waals surface area contributed by atoms with Crippen molar-refractivity contribution in [2.75, 3.05) is 18.5 Å². The van der Waals surface area contributed by atoms with Crippen LogP contribution in [0.1, 0.15) is 12.0 Å². The van der Waals surface area contributed by atoms with Crippen molar-refractivity contribution in [2.24, 2.45) is 0 Å². The lowest BCUT2D eigenvalue weighted by atomic mass is 10.2. The van der Waals surface area contributed by atoms with Crippen molar-refractivity contribution in [1.82, 2.24) is 0 Å². The van der Waals surface area contributed by atoms with E-state index in [2.05, 4.69) is 0 Å². The molecule has 80 valence electrons. The van der Waals surface area contributed by atoms with Gasteiger partial charge in [0.2, 0.25) is 0 Å². The maximum atomic E-state index is 13.1. The van der Waals surface area contributed by atoms with Gasteiger partial charge in [-0.1, -0.05) is 0 Å². The molecular weight excluding hydrogens is 195 g/mol. The molecule has 0 radical (unpaired) electrons. The van der Waals surface area contributed by atoms with Crippen LogP contribution in [0.3, 0.4) is 0 Å². The fourth-order valence-corrected chi connectivity index (χ4v) is 1.29. The summed E-state index contributed by atoms with van der Waals surface area (Å²) in [5.41, 5.74) is 1.21. The first kappa shape index (κ1) is 11.5. The summed E-state index contributed by atoms with van der Waals surface area (Å²) in [6, 6.07) is 6.41. The topological polar surface area (TPSA) is 47.3 Å². The smallest absolute Gasteiger partial charge is 0.125 e. The summed E-state index contributed by atoms with van der Waals surface area (Å²) in [6.45, 7) is 0.363. The lowest BCUT2D eigenvalue weighted by Crippen LogP contribution is -2.18. The molecule has 0 fully saturated rings. The van der Waals surface area contributed by atoms with Crippen LogP contribution in [-0.2, 0) is 6.61 Å². The van der Waals surface area contributed by atoms with Crippen molar-refractivity contribution in [3.63, 3.8) is 0 Å². The summed E-state index contributed by atoms with van der Waals surface area (Å²) in [7, 11) is 1.78. The Morgan fingerprint density at radius 1 is 1.47 bits per heavy atom. The van der Waals surface area contributed by atoms with Gasteiger partial charge in [0, 0.05) is 19.3 Å². The van der Waals surface area contributed by atoms with E-state index in [-0.39, 0.29) is 12.4 Å². The Kier molecular flexibility index (Phi) is 4.07. The summed E-state index contributed by atoms with van der Waals surface area (Å²) < 4.78 is 13.1. The van der Waals surface area contributed by atoms with E-state index >= 15 is 0 Å². The zero-order valence-electron chi connectivity index (χ0n) is 8.57. The molecule has 0 aliphatic rings. The van der Waals surface area contributed by atoms with Gasteiger partial charge in [-0.2, -0.15) is 5.26 Å². The third kappa shape index (κ3) is 3.22. The van der Waals surface area contributed by atoms with Crippen LogP contribution in [0.5, 0.6) is 0 Å². The number of hydrogen-bond acceptors (Lipinski definition) is 3. The summed E-state index contributed by atoms with van der Waals surface area (Å²) >= 11 is 0. The largest absolute Gasteiger partial charge is 0.392 e. The standard InChI is InChI=1S/C11H13FN2O/c1-14(4-2-3-13)11-6-9(8-15)5-10(12)7-11/h5-7,15H,2,4,8H2,1H3. The van der Waals surface area contributed by atoms with E-state index in [0.717, 1.165) is 0 Å². The maximum absolute atomic E-state index is 13.1. The number of aliphatic hydroxyl groups is 1. The van der Waals surface area contributed by atoms with Crippen LogP contribution in [0.2, 0.25) is 0 Å². The molecule has 0 spiro atoms. The SMILES string of the molecule is CN(CCC#N)c1cc(F)cc(CO)c1. The van der Waals surface area contributed by atoms with E-state index in [1.165, 1.54) is 12.1 Å². The quantitative estimate of drug-likeness (QED) is 0.818. The molecule has 0 unspecified atom stereocenters. The molecule has 0 aromatic heterocycles. The molecule has 0 bridgehead atoms. The minimum atomic E-state index is -0.375. The van der Waals surface area contributed by atoms with Gasteiger partial charge < -0.3 is 10.0 Å². The summed E-state index contributed by atoms with van der Waals surface area (Å²) in [6.07, 6.45) is 0.390. The van der Waals surface area contributed by atoms with Crippen molar-refractivity contribution < 1.29 is 9.50 Å². The van der Waals surface area contributed by atoms with Crippen LogP contribution in [-0.4, -0.2) is 18.7 Å². The van der Waals surface area contributed by atoms with Crippen molar-refractivity contribution in [2.45, 2.75) is 13.0 Å². The number of rotatable bonds is 4. The van der Waals surface area contributed by atoms with Crippen LogP contribution in [0, 0.1) is 17.1 Å². The number of anilines is 1. The molecule has 1 N–H and O–H groups in total. The second-order valence-electron chi connectivity index (χ2n) is 3.31. The lowest BCUT2D eigenvalue weighted by molar-refractivity contribution is 0.281. The number of nitrogens with zero attached hydrogens (tertiary/aromatic N) is 2. The Labute approximate surface area is 88.4 Å². The highest BCUT2D eigenvalue weighted by atomic mass is 19.1. The first-order chi connectivity index (χ1) is 7.17. The molecule has 0 aliphatic heterocycles. The number of halogens is 1. The van der Waals surface area contributed by atoms with E-state index in [9.17, 15) is 4.39 Å². The third-order valence-corrected chi connectivity index (χ3v) is 2.12. The molecule has 1 aromatic rings. The van der Waals surface area contributed by atoms with Gasteiger partial charge in [-0.15, -0.1) is 0 Å². The highest BCUT2D eigenvalue weighted by molar-refractivity contribution is 5.48. The van der Waals surface area contributed by atoms with Crippen molar-refractivity contribution in [1.29, 1.82) is 5.26 Å². The molecule has 0 amide bonds. The number of aliphatic hydroxyl groups excluding tert-OH is 1. The van der Waals surface area contributed by atoms with Gasteiger partial charge in [0.15, 0.2) is 0 Å². The minimum Gasteiger partial charge on any atom is -0.392 e. The average Bonchev–Trinajstić information content (AvgIpc) is 2.24.